The van der Waals surface area contributed by atoms with E-state index in [1.807, 2.05) is 45.0 Å². The van der Waals surface area contributed by atoms with Crippen molar-refractivity contribution in [2.75, 3.05) is 6.61 Å². The summed E-state index contributed by atoms with van der Waals surface area (Å²) in [6.45, 7) is 6.96. The maximum atomic E-state index is 5.71. The van der Waals surface area contributed by atoms with Crippen LogP contribution in [-0.2, 0) is 11.3 Å². The van der Waals surface area contributed by atoms with Crippen LogP contribution in [0.4, 0.5) is 0 Å². The van der Waals surface area contributed by atoms with Crippen molar-refractivity contribution < 1.29 is 9.47 Å². The molecule has 0 amide bonds. The van der Waals surface area contributed by atoms with Gasteiger partial charge in [0, 0.05) is 0 Å². The number of ether oxygens (including phenoxy) is 2. The monoisotopic (exact) mass is 218 g/mol. The molecule has 0 aromatic heterocycles. The molecule has 0 atom stereocenters. The van der Waals surface area contributed by atoms with Crippen LogP contribution in [0.1, 0.15) is 26.3 Å². The molecular weight excluding hydrogens is 200 g/mol. The van der Waals surface area contributed by atoms with Gasteiger partial charge in [-0.2, -0.15) is 0 Å². The van der Waals surface area contributed by atoms with E-state index >= 15 is 0 Å². The minimum Gasteiger partial charge on any atom is -0.488 e. The highest BCUT2D eigenvalue weighted by Crippen LogP contribution is 2.18. The summed E-state index contributed by atoms with van der Waals surface area (Å²) in [7, 11) is 0. The Kier molecular flexibility index (Phi) is 4.39. The number of hydrogen-bond acceptors (Lipinski definition) is 2. The molecule has 0 spiro atoms. The summed E-state index contributed by atoms with van der Waals surface area (Å²) in [6.07, 6.45) is 5.09. The van der Waals surface area contributed by atoms with E-state index in [1.165, 1.54) is 0 Å². The fraction of sp³-hybridized carbons (Fsp3) is 0.429. The molecule has 0 saturated carbocycles. The van der Waals surface area contributed by atoms with Gasteiger partial charge in [-0.1, -0.05) is 18.1 Å². The Hall–Kier alpha value is -1.46. The van der Waals surface area contributed by atoms with Gasteiger partial charge in [-0.3, -0.25) is 0 Å². The van der Waals surface area contributed by atoms with Crippen LogP contribution in [0.15, 0.2) is 24.3 Å². The normalized spacial score (nSPS) is 10.9. The average Bonchev–Trinajstić information content (AvgIpc) is 2.19. The van der Waals surface area contributed by atoms with Gasteiger partial charge in [0.25, 0.3) is 0 Å². The summed E-state index contributed by atoms with van der Waals surface area (Å²) in [5.74, 6) is 3.30. The van der Waals surface area contributed by atoms with Crippen molar-refractivity contribution in [1.29, 1.82) is 0 Å². The highest BCUT2D eigenvalue weighted by atomic mass is 16.5. The molecule has 0 aliphatic rings. The molecule has 2 heteroatoms. The molecule has 0 fully saturated rings. The topological polar surface area (TPSA) is 18.5 Å². The van der Waals surface area contributed by atoms with Crippen molar-refractivity contribution in [2.24, 2.45) is 0 Å². The van der Waals surface area contributed by atoms with Crippen molar-refractivity contribution in [3.8, 4) is 18.1 Å². The fourth-order valence-corrected chi connectivity index (χ4v) is 1.24. The average molecular weight is 218 g/mol. The third kappa shape index (κ3) is 4.86. The molecule has 0 N–H and O–H groups in total. The first-order valence-electron chi connectivity index (χ1n) is 5.30. The molecule has 0 heterocycles. The highest BCUT2D eigenvalue weighted by Gasteiger charge is 2.11. The molecule has 0 unspecified atom stereocenters. The molecular formula is C14H18O2. The fourth-order valence-electron chi connectivity index (χ4n) is 1.24. The van der Waals surface area contributed by atoms with Crippen LogP contribution in [0.3, 0.4) is 0 Å². The van der Waals surface area contributed by atoms with Crippen LogP contribution in [0.2, 0.25) is 0 Å². The smallest absolute Gasteiger partial charge is 0.120 e. The Labute approximate surface area is 97.6 Å². The lowest BCUT2D eigenvalue weighted by atomic mass is 10.2. The third-order valence-corrected chi connectivity index (χ3v) is 1.80. The molecule has 2 nitrogen and oxygen atoms in total. The van der Waals surface area contributed by atoms with E-state index in [1.54, 1.807) is 0 Å². The standard InChI is InChI=1S/C14H18O2/c1-5-10-15-11-12-6-8-13(9-7-12)16-14(2,3)4/h1,6-9H,10-11H2,2-4H3. The predicted molar refractivity (Wildman–Crippen MR) is 65.3 cm³/mol. The Morgan fingerprint density at radius 1 is 1.19 bits per heavy atom. The van der Waals surface area contributed by atoms with Crippen molar-refractivity contribution in [1.82, 2.24) is 0 Å². The first-order valence-corrected chi connectivity index (χ1v) is 5.30. The minimum absolute atomic E-state index is 0.165. The number of hydrogen-bond donors (Lipinski definition) is 0. The Morgan fingerprint density at radius 3 is 2.31 bits per heavy atom. The summed E-state index contributed by atoms with van der Waals surface area (Å²) >= 11 is 0. The van der Waals surface area contributed by atoms with Gasteiger partial charge in [0.15, 0.2) is 0 Å². The molecule has 1 aromatic rings. The Balaban J connectivity index is 2.52. The molecule has 1 aromatic carbocycles. The first kappa shape index (κ1) is 12.6. The summed E-state index contributed by atoms with van der Waals surface area (Å²) in [5, 5.41) is 0. The summed E-state index contributed by atoms with van der Waals surface area (Å²) < 4.78 is 10.9. The lowest BCUT2D eigenvalue weighted by Crippen LogP contribution is -2.22. The maximum absolute atomic E-state index is 5.71. The first-order chi connectivity index (χ1) is 7.51. The quantitative estimate of drug-likeness (QED) is 0.571. The Bertz CT molecular complexity index is 352. The van der Waals surface area contributed by atoms with Crippen LogP contribution in [0.25, 0.3) is 0 Å². The van der Waals surface area contributed by atoms with E-state index in [0.29, 0.717) is 13.2 Å². The van der Waals surface area contributed by atoms with Gasteiger partial charge in [0.1, 0.15) is 18.0 Å². The predicted octanol–water partition coefficient (Wildman–Crippen LogP) is 3.01. The second kappa shape index (κ2) is 5.58. The zero-order valence-corrected chi connectivity index (χ0v) is 10.1. The SMILES string of the molecule is C#CCOCc1ccc(OC(C)(C)C)cc1. The molecule has 0 saturated heterocycles. The molecule has 0 aliphatic heterocycles. The van der Waals surface area contributed by atoms with Crippen LogP contribution < -0.4 is 4.74 Å². The molecule has 0 aliphatic carbocycles. The number of benzene rings is 1. The molecule has 1 rings (SSSR count). The van der Waals surface area contributed by atoms with Gasteiger partial charge in [-0.25, -0.2) is 0 Å². The van der Waals surface area contributed by atoms with Crippen LogP contribution in [0.5, 0.6) is 5.75 Å². The largest absolute Gasteiger partial charge is 0.488 e. The Morgan fingerprint density at radius 2 is 1.81 bits per heavy atom. The molecule has 16 heavy (non-hydrogen) atoms. The van der Waals surface area contributed by atoms with E-state index in [0.717, 1.165) is 11.3 Å². The van der Waals surface area contributed by atoms with E-state index in [9.17, 15) is 0 Å². The highest BCUT2D eigenvalue weighted by molar-refractivity contribution is 5.27. The van der Waals surface area contributed by atoms with Crippen molar-refractivity contribution in [2.45, 2.75) is 33.0 Å². The van der Waals surface area contributed by atoms with Crippen LogP contribution >= 0.6 is 0 Å². The summed E-state index contributed by atoms with van der Waals surface area (Å²) in [6, 6.07) is 7.86. The van der Waals surface area contributed by atoms with Crippen LogP contribution in [-0.4, -0.2) is 12.2 Å². The zero-order chi connectivity index (χ0) is 12.0. The van der Waals surface area contributed by atoms with Gasteiger partial charge < -0.3 is 9.47 Å². The van der Waals surface area contributed by atoms with E-state index in [-0.39, 0.29) is 5.60 Å². The maximum Gasteiger partial charge on any atom is 0.120 e. The van der Waals surface area contributed by atoms with E-state index < -0.39 is 0 Å². The van der Waals surface area contributed by atoms with Crippen molar-refractivity contribution in [3.05, 3.63) is 29.8 Å². The third-order valence-electron chi connectivity index (χ3n) is 1.80. The van der Waals surface area contributed by atoms with Crippen molar-refractivity contribution in [3.63, 3.8) is 0 Å². The second-order valence-corrected chi connectivity index (χ2v) is 4.56. The van der Waals surface area contributed by atoms with Gasteiger partial charge in [-0.15, -0.1) is 6.42 Å². The van der Waals surface area contributed by atoms with Gasteiger partial charge >= 0.3 is 0 Å². The van der Waals surface area contributed by atoms with E-state index in [2.05, 4.69) is 5.92 Å². The lowest BCUT2D eigenvalue weighted by Gasteiger charge is -2.21. The minimum atomic E-state index is -0.165. The number of rotatable bonds is 4. The molecule has 86 valence electrons. The second-order valence-electron chi connectivity index (χ2n) is 4.56. The van der Waals surface area contributed by atoms with E-state index in [4.69, 9.17) is 15.9 Å². The van der Waals surface area contributed by atoms with Gasteiger partial charge in [0.05, 0.1) is 6.61 Å². The van der Waals surface area contributed by atoms with Crippen LogP contribution in [0, 0.1) is 12.3 Å². The van der Waals surface area contributed by atoms with Crippen molar-refractivity contribution >= 4 is 0 Å². The summed E-state index contributed by atoms with van der Waals surface area (Å²) in [5.41, 5.74) is 0.929. The zero-order valence-electron chi connectivity index (χ0n) is 10.1. The summed E-state index contributed by atoms with van der Waals surface area (Å²) in [4.78, 5) is 0. The van der Waals surface area contributed by atoms with Gasteiger partial charge in [0.2, 0.25) is 0 Å². The van der Waals surface area contributed by atoms with Gasteiger partial charge in [-0.05, 0) is 38.5 Å². The number of terminal acetylenes is 1. The lowest BCUT2D eigenvalue weighted by molar-refractivity contribution is 0.130. The molecule has 0 radical (unpaired) electrons. The molecule has 0 bridgehead atoms.